The summed E-state index contributed by atoms with van der Waals surface area (Å²) in [5.41, 5.74) is 1.57. The topological polar surface area (TPSA) is 35.6 Å². The van der Waals surface area contributed by atoms with Gasteiger partial charge in [0.2, 0.25) is 5.91 Å². The van der Waals surface area contributed by atoms with E-state index in [0.29, 0.717) is 11.7 Å². The van der Waals surface area contributed by atoms with Crippen molar-refractivity contribution in [3.05, 3.63) is 66.0 Å². The van der Waals surface area contributed by atoms with Gasteiger partial charge < -0.3 is 10.2 Å². The number of anilines is 1. The SMILES string of the molecule is CN1CCC(N(C)C(C(=O)Nc2ccc(F)cc2)c2ccccc2)CC1. The highest BCUT2D eigenvalue weighted by atomic mass is 19.1. The summed E-state index contributed by atoms with van der Waals surface area (Å²) >= 11 is 0. The highest BCUT2D eigenvalue weighted by molar-refractivity contribution is 5.95. The Morgan fingerprint density at radius 3 is 2.35 bits per heavy atom. The van der Waals surface area contributed by atoms with Crippen LogP contribution in [-0.2, 0) is 4.79 Å². The van der Waals surface area contributed by atoms with Gasteiger partial charge in [-0.3, -0.25) is 9.69 Å². The average Bonchev–Trinajstić information content (AvgIpc) is 2.65. The zero-order valence-corrected chi connectivity index (χ0v) is 15.4. The Labute approximate surface area is 154 Å². The number of rotatable bonds is 5. The summed E-state index contributed by atoms with van der Waals surface area (Å²) in [4.78, 5) is 17.6. The Balaban J connectivity index is 1.81. The van der Waals surface area contributed by atoms with Crippen molar-refractivity contribution in [2.75, 3.05) is 32.5 Å². The summed E-state index contributed by atoms with van der Waals surface area (Å²) < 4.78 is 13.1. The summed E-state index contributed by atoms with van der Waals surface area (Å²) in [6.45, 7) is 2.08. The van der Waals surface area contributed by atoms with Crippen LogP contribution in [0, 0.1) is 5.82 Å². The molecule has 1 saturated heterocycles. The van der Waals surface area contributed by atoms with Crippen LogP contribution in [0.1, 0.15) is 24.4 Å². The fourth-order valence-electron chi connectivity index (χ4n) is 3.56. The van der Waals surface area contributed by atoms with Crippen molar-refractivity contribution in [1.29, 1.82) is 0 Å². The van der Waals surface area contributed by atoms with Crippen LogP contribution in [-0.4, -0.2) is 48.9 Å². The number of nitrogens with one attached hydrogen (secondary N) is 1. The number of nitrogens with zero attached hydrogens (tertiary/aromatic N) is 2. The molecule has 1 fully saturated rings. The molecule has 1 N–H and O–H groups in total. The van der Waals surface area contributed by atoms with Crippen LogP contribution >= 0.6 is 0 Å². The summed E-state index contributed by atoms with van der Waals surface area (Å²) in [5.74, 6) is -0.407. The van der Waals surface area contributed by atoms with Crippen molar-refractivity contribution in [2.24, 2.45) is 0 Å². The Morgan fingerprint density at radius 1 is 1.12 bits per heavy atom. The molecule has 0 saturated carbocycles. The van der Waals surface area contributed by atoms with Crippen molar-refractivity contribution >= 4 is 11.6 Å². The van der Waals surface area contributed by atoms with Gasteiger partial charge >= 0.3 is 0 Å². The normalized spacial score (nSPS) is 17.2. The van der Waals surface area contributed by atoms with Gasteiger partial charge in [-0.05, 0) is 69.9 Å². The van der Waals surface area contributed by atoms with Gasteiger partial charge in [-0.15, -0.1) is 0 Å². The Morgan fingerprint density at radius 2 is 1.73 bits per heavy atom. The number of carbonyl (C=O) groups excluding carboxylic acids is 1. The van der Waals surface area contributed by atoms with Gasteiger partial charge in [0.25, 0.3) is 0 Å². The zero-order chi connectivity index (χ0) is 18.5. The molecule has 5 heteroatoms. The van der Waals surface area contributed by atoms with Gasteiger partial charge in [0.1, 0.15) is 11.9 Å². The molecular weight excluding hydrogens is 329 g/mol. The minimum absolute atomic E-state index is 0.0933. The third-order valence-corrected chi connectivity index (χ3v) is 5.15. The molecule has 2 aromatic carbocycles. The maximum Gasteiger partial charge on any atom is 0.246 e. The number of likely N-dealkylation sites (tertiary alicyclic amines) is 1. The monoisotopic (exact) mass is 355 g/mol. The third-order valence-electron chi connectivity index (χ3n) is 5.15. The molecular formula is C21H26FN3O. The van der Waals surface area contributed by atoms with E-state index in [4.69, 9.17) is 0 Å². The second-order valence-electron chi connectivity index (χ2n) is 7.01. The highest BCUT2D eigenvalue weighted by Gasteiger charge is 2.31. The Kier molecular flexibility index (Phi) is 6.01. The number of halogens is 1. The molecule has 1 unspecified atom stereocenters. The molecule has 0 radical (unpaired) electrons. The Hall–Kier alpha value is -2.24. The predicted molar refractivity (Wildman–Crippen MR) is 102 cm³/mol. The maximum absolute atomic E-state index is 13.1. The maximum atomic E-state index is 13.1. The number of carbonyl (C=O) groups is 1. The van der Waals surface area contributed by atoms with Gasteiger partial charge in [0.05, 0.1) is 0 Å². The molecule has 0 spiro atoms. The molecule has 0 aromatic heterocycles. The van der Waals surface area contributed by atoms with Gasteiger partial charge in [-0.25, -0.2) is 4.39 Å². The number of hydrogen-bond acceptors (Lipinski definition) is 3. The minimum atomic E-state index is -0.380. The van der Waals surface area contributed by atoms with Crippen LogP contribution in [0.15, 0.2) is 54.6 Å². The molecule has 1 atom stereocenters. The van der Waals surface area contributed by atoms with E-state index in [9.17, 15) is 9.18 Å². The van der Waals surface area contributed by atoms with E-state index in [0.717, 1.165) is 31.5 Å². The second-order valence-corrected chi connectivity index (χ2v) is 7.01. The molecule has 26 heavy (non-hydrogen) atoms. The van der Waals surface area contributed by atoms with Gasteiger partial charge in [0.15, 0.2) is 0 Å². The molecule has 1 amide bonds. The van der Waals surface area contributed by atoms with Crippen molar-refractivity contribution in [2.45, 2.75) is 24.9 Å². The molecule has 0 aliphatic carbocycles. The van der Waals surface area contributed by atoms with E-state index in [2.05, 4.69) is 22.2 Å². The number of benzene rings is 2. The molecule has 1 aliphatic heterocycles. The molecule has 138 valence electrons. The minimum Gasteiger partial charge on any atom is -0.324 e. The quantitative estimate of drug-likeness (QED) is 0.891. The summed E-state index contributed by atoms with van der Waals surface area (Å²) in [7, 11) is 4.16. The number of likely N-dealkylation sites (N-methyl/N-ethyl adjacent to an activating group) is 1. The summed E-state index contributed by atoms with van der Waals surface area (Å²) in [5, 5.41) is 2.94. The largest absolute Gasteiger partial charge is 0.324 e. The summed E-state index contributed by atoms with van der Waals surface area (Å²) in [6, 6.07) is 15.7. The summed E-state index contributed by atoms with van der Waals surface area (Å²) in [6.07, 6.45) is 2.08. The third kappa shape index (κ3) is 4.48. The highest BCUT2D eigenvalue weighted by Crippen LogP contribution is 2.27. The van der Waals surface area contributed by atoms with E-state index in [1.54, 1.807) is 12.1 Å². The van der Waals surface area contributed by atoms with Crippen molar-refractivity contribution < 1.29 is 9.18 Å². The number of amides is 1. The lowest BCUT2D eigenvalue weighted by atomic mass is 9.98. The fraction of sp³-hybridized carbons (Fsp3) is 0.381. The van der Waals surface area contributed by atoms with E-state index < -0.39 is 0 Å². The van der Waals surface area contributed by atoms with Crippen LogP contribution in [0.25, 0.3) is 0 Å². The van der Waals surface area contributed by atoms with Crippen molar-refractivity contribution in [1.82, 2.24) is 9.80 Å². The first-order valence-corrected chi connectivity index (χ1v) is 9.06. The van der Waals surface area contributed by atoms with Crippen LogP contribution < -0.4 is 5.32 Å². The Bertz CT molecular complexity index is 712. The van der Waals surface area contributed by atoms with Crippen molar-refractivity contribution in [3.8, 4) is 0 Å². The lowest BCUT2D eigenvalue weighted by Gasteiger charge is -2.39. The average molecular weight is 355 g/mol. The molecule has 3 rings (SSSR count). The molecule has 0 bridgehead atoms. The molecule has 4 nitrogen and oxygen atoms in total. The zero-order valence-electron chi connectivity index (χ0n) is 15.4. The van der Waals surface area contributed by atoms with Gasteiger partial charge in [-0.1, -0.05) is 30.3 Å². The molecule has 1 heterocycles. The first-order valence-electron chi connectivity index (χ1n) is 9.06. The van der Waals surface area contributed by atoms with Gasteiger partial charge in [0, 0.05) is 11.7 Å². The number of hydrogen-bond donors (Lipinski definition) is 1. The van der Waals surface area contributed by atoms with E-state index in [1.807, 2.05) is 37.4 Å². The first-order chi connectivity index (χ1) is 12.5. The van der Waals surface area contributed by atoms with Crippen molar-refractivity contribution in [3.63, 3.8) is 0 Å². The van der Waals surface area contributed by atoms with Crippen LogP contribution in [0.3, 0.4) is 0 Å². The lowest BCUT2D eigenvalue weighted by Crippen LogP contribution is -2.46. The van der Waals surface area contributed by atoms with E-state index >= 15 is 0 Å². The van der Waals surface area contributed by atoms with Gasteiger partial charge in [-0.2, -0.15) is 0 Å². The van der Waals surface area contributed by atoms with E-state index in [-0.39, 0.29) is 17.8 Å². The predicted octanol–water partition coefficient (Wildman–Crippen LogP) is 3.53. The molecule has 1 aliphatic rings. The lowest BCUT2D eigenvalue weighted by molar-refractivity contribution is -0.122. The first kappa shape index (κ1) is 18.5. The second kappa shape index (κ2) is 8.43. The molecule has 2 aromatic rings. The van der Waals surface area contributed by atoms with Crippen LogP contribution in [0.5, 0.6) is 0 Å². The van der Waals surface area contributed by atoms with Crippen LogP contribution in [0.4, 0.5) is 10.1 Å². The fourth-order valence-corrected chi connectivity index (χ4v) is 3.56. The number of piperidine rings is 1. The standard InChI is InChI=1S/C21H26FN3O/c1-24-14-12-19(13-15-24)25(2)20(16-6-4-3-5-7-16)21(26)23-18-10-8-17(22)9-11-18/h3-11,19-20H,12-15H2,1-2H3,(H,23,26). The van der Waals surface area contributed by atoms with E-state index in [1.165, 1.54) is 12.1 Å². The van der Waals surface area contributed by atoms with Crippen LogP contribution in [0.2, 0.25) is 0 Å². The smallest absolute Gasteiger partial charge is 0.246 e.